The molecule has 1 N–H and O–H groups in total. The Bertz CT molecular complexity index is 495. The highest BCUT2D eigenvalue weighted by Gasteiger charge is 2.41. The normalized spacial score (nSPS) is 18.0. The number of pyridine rings is 1. The fourth-order valence-corrected chi connectivity index (χ4v) is 2.90. The van der Waals surface area contributed by atoms with Crippen LogP contribution in [0.5, 0.6) is 0 Å². The van der Waals surface area contributed by atoms with Crippen molar-refractivity contribution in [3.05, 3.63) is 23.5 Å². The van der Waals surface area contributed by atoms with Gasteiger partial charge in [-0.05, 0) is 36.8 Å². The average Bonchev–Trinajstić information content (AvgIpc) is 3.08. The number of hydrogen-bond donors (Lipinski definition) is 1. The highest BCUT2D eigenvalue weighted by molar-refractivity contribution is 7.89. The van der Waals surface area contributed by atoms with Gasteiger partial charge in [0.2, 0.25) is 10.0 Å². The first-order valence-corrected chi connectivity index (χ1v) is 7.45. The standard InChI is InChI=1S/C11H15ClN2O2S/c1-2-11(5-6-11)8-14-17(15,16)9-3-4-10(12)13-7-9/h3-4,7,14H,2,5-6,8H2,1H3. The van der Waals surface area contributed by atoms with Gasteiger partial charge in [0, 0.05) is 12.7 Å². The van der Waals surface area contributed by atoms with E-state index in [1.54, 1.807) is 0 Å². The number of sulfonamides is 1. The molecule has 1 aliphatic carbocycles. The largest absolute Gasteiger partial charge is 0.243 e. The van der Waals surface area contributed by atoms with E-state index < -0.39 is 10.0 Å². The van der Waals surface area contributed by atoms with Crippen molar-refractivity contribution in [1.82, 2.24) is 9.71 Å². The van der Waals surface area contributed by atoms with E-state index in [4.69, 9.17) is 11.6 Å². The Labute approximate surface area is 106 Å². The number of nitrogens with one attached hydrogen (secondary N) is 1. The van der Waals surface area contributed by atoms with E-state index in [1.165, 1.54) is 18.3 Å². The molecule has 2 rings (SSSR count). The Hall–Kier alpha value is -0.650. The van der Waals surface area contributed by atoms with Gasteiger partial charge in [-0.15, -0.1) is 0 Å². The lowest BCUT2D eigenvalue weighted by Crippen LogP contribution is -2.30. The van der Waals surface area contributed by atoms with Gasteiger partial charge >= 0.3 is 0 Å². The monoisotopic (exact) mass is 274 g/mol. The minimum absolute atomic E-state index is 0.161. The SMILES string of the molecule is CCC1(CNS(=O)(=O)c2ccc(Cl)nc2)CC1. The van der Waals surface area contributed by atoms with Crippen molar-refractivity contribution in [3.8, 4) is 0 Å². The van der Waals surface area contributed by atoms with Crippen molar-refractivity contribution in [3.63, 3.8) is 0 Å². The van der Waals surface area contributed by atoms with Gasteiger partial charge < -0.3 is 0 Å². The summed E-state index contributed by atoms with van der Waals surface area (Å²) in [4.78, 5) is 3.93. The van der Waals surface area contributed by atoms with Crippen LogP contribution in [0.1, 0.15) is 26.2 Å². The summed E-state index contributed by atoms with van der Waals surface area (Å²) >= 11 is 5.62. The molecule has 0 bridgehead atoms. The van der Waals surface area contributed by atoms with Crippen LogP contribution in [0.2, 0.25) is 5.15 Å². The van der Waals surface area contributed by atoms with E-state index in [1.807, 2.05) is 0 Å². The molecule has 1 aromatic rings. The molecule has 0 aromatic carbocycles. The zero-order valence-corrected chi connectivity index (χ0v) is 11.2. The van der Waals surface area contributed by atoms with Crippen LogP contribution in [0.25, 0.3) is 0 Å². The Morgan fingerprint density at radius 3 is 2.65 bits per heavy atom. The van der Waals surface area contributed by atoms with E-state index in [-0.39, 0.29) is 15.5 Å². The maximum Gasteiger partial charge on any atom is 0.242 e. The fourth-order valence-electron chi connectivity index (χ4n) is 1.68. The van der Waals surface area contributed by atoms with Crippen molar-refractivity contribution in [2.24, 2.45) is 5.41 Å². The highest BCUT2D eigenvalue weighted by Crippen LogP contribution is 2.48. The number of hydrogen-bond acceptors (Lipinski definition) is 3. The summed E-state index contributed by atoms with van der Waals surface area (Å²) in [5.41, 5.74) is 0.187. The number of rotatable bonds is 5. The molecular weight excluding hydrogens is 260 g/mol. The van der Waals surface area contributed by atoms with Crippen molar-refractivity contribution < 1.29 is 8.42 Å². The Morgan fingerprint density at radius 2 is 2.18 bits per heavy atom. The van der Waals surface area contributed by atoms with E-state index >= 15 is 0 Å². The van der Waals surface area contributed by atoms with Crippen LogP contribution in [0.15, 0.2) is 23.2 Å². The molecule has 17 heavy (non-hydrogen) atoms. The molecule has 1 saturated carbocycles. The third-order valence-electron chi connectivity index (χ3n) is 3.35. The van der Waals surface area contributed by atoms with Crippen molar-refractivity contribution in [2.75, 3.05) is 6.54 Å². The maximum atomic E-state index is 11.9. The van der Waals surface area contributed by atoms with E-state index in [0.717, 1.165) is 19.3 Å². The second kappa shape index (κ2) is 4.55. The molecule has 4 nitrogen and oxygen atoms in total. The van der Waals surface area contributed by atoms with Gasteiger partial charge in [-0.3, -0.25) is 0 Å². The molecule has 0 spiro atoms. The van der Waals surface area contributed by atoms with Crippen LogP contribution in [0.3, 0.4) is 0 Å². The van der Waals surface area contributed by atoms with Crippen molar-refractivity contribution >= 4 is 21.6 Å². The van der Waals surface area contributed by atoms with E-state index in [9.17, 15) is 8.42 Å². The molecule has 6 heteroatoms. The van der Waals surface area contributed by atoms with Crippen LogP contribution in [-0.4, -0.2) is 19.9 Å². The molecule has 0 saturated heterocycles. The van der Waals surface area contributed by atoms with Gasteiger partial charge in [-0.2, -0.15) is 0 Å². The third-order valence-corrected chi connectivity index (χ3v) is 4.96. The molecule has 0 atom stereocenters. The van der Waals surface area contributed by atoms with Crippen LogP contribution >= 0.6 is 11.6 Å². The summed E-state index contributed by atoms with van der Waals surface area (Å²) < 4.78 is 26.5. The number of halogens is 1. The lowest BCUT2D eigenvalue weighted by molar-refractivity contribution is 0.475. The minimum atomic E-state index is -3.45. The summed E-state index contributed by atoms with van der Waals surface area (Å²) in [5, 5.41) is 0.288. The van der Waals surface area contributed by atoms with Gasteiger partial charge in [0.15, 0.2) is 0 Å². The first-order chi connectivity index (χ1) is 7.97. The molecular formula is C11H15ClN2O2S. The lowest BCUT2D eigenvalue weighted by Gasteiger charge is -2.13. The Morgan fingerprint density at radius 1 is 1.47 bits per heavy atom. The van der Waals surface area contributed by atoms with Gasteiger partial charge in [-0.25, -0.2) is 18.1 Å². The zero-order valence-electron chi connectivity index (χ0n) is 9.61. The average molecular weight is 275 g/mol. The maximum absolute atomic E-state index is 11.9. The summed E-state index contributed by atoms with van der Waals surface area (Å²) in [6, 6.07) is 2.94. The smallest absolute Gasteiger partial charge is 0.242 e. The number of nitrogens with zero attached hydrogens (tertiary/aromatic N) is 1. The first-order valence-electron chi connectivity index (χ1n) is 5.59. The quantitative estimate of drug-likeness (QED) is 0.838. The van der Waals surface area contributed by atoms with Crippen molar-refractivity contribution in [2.45, 2.75) is 31.1 Å². The molecule has 1 aliphatic rings. The predicted molar refractivity (Wildman–Crippen MR) is 66.4 cm³/mol. The van der Waals surface area contributed by atoms with Gasteiger partial charge in [0.1, 0.15) is 10.0 Å². The van der Waals surface area contributed by atoms with Crippen LogP contribution in [-0.2, 0) is 10.0 Å². The third kappa shape index (κ3) is 2.97. The molecule has 0 radical (unpaired) electrons. The summed E-state index contributed by atoms with van der Waals surface area (Å²) in [5.74, 6) is 0. The molecule has 0 aliphatic heterocycles. The molecule has 0 unspecified atom stereocenters. The summed E-state index contributed by atoms with van der Waals surface area (Å²) in [7, 11) is -3.45. The Balaban J connectivity index is 2.06. The molecule has 1 fully saturated rings. The van der Waals surface area contributed by atoms with Gasteiger partial charge in [0.05, 0.1) is 0 Å². The fraction of sp³-hybridized carbons (Fsp3) is 0.545. The summed E-state index contributed by atoms with van der Waals surface area (Å²) in [6.45, 7) is 2.60. The topological polar surface area (TPSA) is 59.1 Å². The van der Waals surface area contributed by atoms with Crippen LogP contribution in [0, 0.1) is 5.41 Å². The minimum Gasteiger partial charge on any atom is -0.243 e. The predicted octanol–water partition coefficient (Wildman–Crippen LogP) is 2.20. The lowest BCUT2D eigenvalue weighted by atomic mass is 10.1. The summed E-state index contributed by atoms with van der Waals surface area (Å²) in [6.07, 6.45) is 4.49. The van der Waals surface area contributed by atoms with Gasteiger partial charge in [-0.1, -0.05) is 18.5 Å². The van der Waals surface area contributed by atoms with Crippen LogP contribution < -0.4 is 4.72 Å². The Kier molecular flexibility index (Phi) is 3.43. The van der Waals surface area contributed by atoms with E-state index in [0.29, 0.717) is 6.54 Å². The van der Waals surface area contributed by atoms with E-state index in [2.05, 4.69) is 16.6 Å². The molecule has 1 aromatic heterocycles. The van der Waals surface area contributed by atoms with Crippen LogP contribution in [0.4, 0.5) is 0 Å². The second-order valence-corrected chi connectivity index (χ2v) is 6.65. The zero-order chi connectivity index (χ0) is 12.5. The van der Waals surface area contributed by atoms with Gasteiger partial charge in [0.25, 0.3) is 0 Å². The molecule has 94 valence electrons. The second-order valence-electron chi connectivity index (χ2n) is 4.49. The molecule has 1 heterocycles. The van der Waals surface area contributed by atoms with Crippen molar-refractivity contribution in [1.29, 1.82) is 0 Å². The first kappa shape index (κ1) is 12.8. The highest BCUT2D eigenvalue weighted by atomic mass is 35.5. The number of aromatic nitrogens is 1. The molecule has 0 amide bonds.